The van der Waals surface area contributed by atoms with Crippen molar-refractivity contribution < 1.29 is 9.90 Å². The highest BCUT2D eigenvalue weighted by atomic mass is 35.5. The fourth-order valence-electron chi connectivity index (χ4n) is 1.72. The van der Waals surface area contributed by atoms with Crippen LogP contribution >= 0.6 is 11.6 Å². The molecule has 19 heavy (non-hydrogen) atoms. The number of phenols is 1. The third-order valence-corrected chi connectivity index (χ3v) is 2.93. The standard InChI is InChI=1S/C15H14ClNO2/c16-13-6-4-11(5-7-13)9-15(19)17-10-12-2-1-3-14(18)8-12/h1-8,18H,9-10H2,(H,17,19). The van der Waals surface area contributed by atoms with Crippen molar-refractivity contribution in [3.05, 3.63) is 64.7 Å². The van der Waals surface area contributed by atoms with Crippen LogP contribution in [0.2, 0.25) is 5.02 Å². The minimum Gasteiger partial charge on any atom is -0.508 e. The van der Waals surface area contributed by atoms with Crippen LogP contribution in [0.1, 0.15) is 11.1 Å². The molecule has 2 N–H and O–H groups in total. The molecular formula is C15H14ClNO2. The van der Waals surface area contributed by atoms with Gasteiger partial charge in [0, 0.05) is 11.6 Å². The molecule has 0 aliphatic heterocycles. The summed E-state index contributed by atoms with van der Waals surface area (Å²) in [6, 6.07) is 14.0. The molecule has 0 unspecified atom stereocenters. The second kappa shape index (κ2) is 6.25. The zero-order valence-corrected chi connectivity index (χ0v) is 11.0. The minimum atomic E-state index is -0.0642. The van der Waals surface area contributed by atoms with Crippen molar-refractivity contribution in [2.45, 2.75) is 13.0 Å². The lowest BCUT2D eigenvalue weighted by Gasteiger charge is -2.06. The Morgan fingerprint density at radius 2 is 1.84 bits per heavy atom. The topological polar surface area (TPSA) is 49.3 Å². The molecule has 2 aromatic rings. The van der Waals surface area contributed by atoms with Gasteiger partial charge in [0.05, 0.1) is 6.42 Å². The van der Waals surface area contributed by atoms with Gasteiger partial charge in [-0.25, -0.2) is 0 Å². The first kappa shape index (κ1) is 13.4. The minimum absolute atomic E-state index is 0.0642. The maximum Gasteiger partial charge on any atom is 0.224 e. The van der Waals surface area contributed by atoms with Crippen LogP contribution in [0.25, 0.3) is 0 Å². The van der Waals surface area contributed by atoms with Crippen molar-refractivity contribution in [1.29, 1.82) is 0 Å². The number of carbonyl (C=O) groups excluding carboxylic acids is 1. The van der Waals surface area contributed by atoms with Gasteiger partial charge in [-0.1, -0.05) is 35.9 Å². The van der Waals surface area contributed by atoms with E-state index < -0.39 is 0 Å². The van der Waals surface area contributed by atoms with Crippen molar-refractivity contribution in [2.75, 3.05) is 0 Å². The third-order valence-electron chi connectivity index (χ3n) is 2.68. The van der Waals surface area contributed by atoms with Crippen molar-refractivity contribution in [3.8, 4) is 5.75 Å². The molecule has 0 aliphatic carbocycles. The van der Waals surface area contributed by atoms with E-state index in [4.69, 9.17) is 11.6 Å². The van der Waals surface area contributed by atoms with Gasteiger partial charge in [0.25, 0.3) is 0 Å². The average molecular weight is 276 g/mol. The number of carbonyl (C=O) groups is 1. The third kappa shape index (κ3) is 4.30. The van der Waals surface area contributed by atoms with E-state index in [1.807, 2.05) is 18.2 Å². The summed E-state index contributed by atoms with van der Waals surface area (Å²) in [6.45, 7) is 0.404. The molecule has 3 nitrogen and oxygen atoms in total. The Morgan fingerprint density at radius 3 is 2.53 bits per heavy atom. The molecule has 2 aromatic carbocycles. The van der Waals surface area contributed by atoms with Gasteiger partial charge in [0.2, 0.25) is 5.91 Å². The second-order valence-corrected chi connectivity index (χ2v) is 4.69. The smallest absolute Gasteiger partial charge is 0.224 e. The van der Waals surface area contributed by atoms with Crippen LogP contribution in [0.3, 0.4) is 0 Å². The normalized spacial score (nSPS) is 10.2. The van der Waals surface area contributed by atoms with Crippen molar-refractivity contribution in [1.82, 2.24) is 5.32 Å². The Labute approximate surface area is 116 Å². The van der Waals surface area contributed by atoms with E-state index in [0.29, 0.717) is 18.0 Å². The predicted molar refractivity (Wildman–Crippen MR) is 75.1 cm³/mol. The number of halogens is 1. The lowest BCUT2D eigenvalue weighted by molar-refractivity contribution is -0.120. The number of phenolic OH excluding ortho intramolecular Hbond substituents is 1. The summed E-state index contributed by atoms with van der Waals surface area (Å²) in [5.74, 6) is 0.134. The van der Waals surface area contributed by atoms with E-state index in [9.17, 15) is 9.90 Å². The van der Waals surface area contributed by atoms with E-state index in [-0.39, 0.29) is 11.7 Å². The van der Waals surface area contributed by atoms with Crippen LogP contribution in [0.4, 0.5) is 0 Å². The van der Waals surface area contributed by atoms with E-state index in [1.165, 1.54) is 0 Å². The van der Waals surface area contributed by atoms with E-state index in [0.717, 1.165) is 11.1 Å². The largest absolute Gasteiger partial charge is 0.508 e. The SMILES string of the molecule is O=C(Cc1ccc(Cl)cc1)NCc1cccc(O)c1. The highest BCUT2D eigenvalue weighted by Gasteiger charge is 2.03. The van der Waals surface area contributed by atoms with E-state index in [2.05, 4.69) is 5.32 Å². The highest BCUT2D eigenvalue weighted by Crippen LogP contribution is 2.11. The van der Waals surface area contributed by atoms with Crippen LogP contribution in [0.15, 0.2) is 48.5 Å². The lowest BCUT2D eigenvalue weighted by atomic mass is 10.1. The number of rotatable bonds is 4. The molecule has 0 spiro atoms. The zero-order chi connectivity index (χ0) is 13.7. The molecule has 0 aliphatic rings. The number of benzene rings is 2. The quantitative estimate of drug-likeness (QED) is 0.901. The first-order chi connectivity index (χ1) is 9.13. The summed E-state index contributed by atoms with van der Waals surface area (Å²) in [7, 11) is 0. The fourth-order valence-corrected chi connectivity index (χ4v) is 1.84. The lowest BCUT2D eigenvalue weighted by Crippen LogP contribution is -2.24. The molecule has 0 saturated heterocycles. The van der Waals surface area contributed by atoms with Gasteiger partial charge >= 0.3 is 0 Å². The maximum absolute atomic E-state index is 11.7. The van der Waals surface area contributed by atoms with Gasteiger partial charge in [-0.3, -0.25) is 4.79 Å². The molecular weight excluding hydrogens is 262 g/mol. The first-order valence-corrected chi connectivity index (χ1v) is 6.30. The Hall–Kier alpha value is -2.00. The van der Waals surface area contributed by atoms with Crippen LogP contribution in [-0.2, 0) is 17.8 Å². The summed E-state index contributed by atoms with van der Waals surface area (Å²) < 4.78 is 0. The number of hydrogen-bond acceptors (Lipinski definition) is 2. The highest BCUT2D eigenvalue weighted by molar-refractivity contribution is 6.30. The number of amides is 1. The molecule has 0 atom stereocenters. The monoisotopic (exact) mass is 275 g/mol. The van der Waals surface area contributed by atoms with Gasteiger partial charge in [-0.15, -0.1) is 0 Å². The summed E-state index contributed by atoms with van der Waals surface area (Å²) in [5, 5.41) is 12.8. The zero-order valence-electron chi connectivity index (χ0n) is 10.3. The average Bonchev–Trinajstić information content (AvgIpc) is 2.39. The van der Waals surface area contributed by atoms with Gasteiger partial charge in [0.15, 0.2) is 0 Å². The number of aromatic hydroxyl groups is 1. The van der Waals surface area contributed by atoms with Gasteiger partial charge in [-0.05, 0) is 35.4 Å². The molecule has 0 heterocycles. The maximum atomic E-state index is 11.7. The van der Waals surface area contributed by atoms with Gasteiger partial charge in [-0.2, -0.15) is 0 Å². The number of nitrogens with one attached hydrogen (secondary N) is 1. The summed E-state index contributed by atoms with van der Waals surface area (Å²) >= 11 is 5.78. The molecule has 0 bridgehead atoms. The van der Waals surface area contributed by atoms with E-state index in [1.54, 1.807) is 30.3 Å². The van der Waals surface area contributed by atoms with Crippen molar-refractivity contribution in [2.24, 2.45) is 0 Å². The molecule has 0 aromatic heterocycles. The van der Waals surface area contributed by atoms with Crippen molar-refractivity contribution >= 4 is 17.5 Å². The van der Waals surface area contributed by atoms with Crippen LogP contribution in [0.5, 0.6) is 5.75 Å². The summed E-state index contributed by atoms with van der Waals surface area (Å²) in [6.07, 6.45) is 0.315. The molecule has 0 radical (unpaired) electrons. The number of hydrogen-bond donors (Lipinski definition) is 2. The second-order valence-electron chi connectivity index (χ2n) is 4.25. The summed E-state index contributed by atoms with van der Waals surface area (Å²) in [4.78, 5) is 11.7. The van der Waals surface area contributed by atoms with Crippen LogP contribution in [0, 0.1) is 0 Å². The molecule has 0 fully saturated rings. The Bertz CT molecular complexity index is 567. The molecule has 0 saturated carbocycles. The Kier molecular flexibility index (Phi) is 4.42. The Morgan fingerprint density at radius 1 is 1.11 bits per heavy atom. The van der Waals surface area contributed by atoms with Crippen LogP contribution < -0.4 is 5.32 Å². The Balaban J connectivity index is 1.86. The van der Waals surface area contributed by atoms with Gasteiger partial charge in [0.1, 0.15) is 5.75 Å². The van der Waals surface area contributed by atoms with Gasteiger partial charge < -0.3 is 10.4 Å². The fraction of sp³-hybridized carbons (Fsp3) is 0.133. The predicted octanol–water partition coefficient (Wildman–Crippen LogP) is 2.90. The molecule has 98 valence electrons. The first-order valence-electron chi connectivity index (χ1n) is 5.92. The van der Waals surface area contributed by atoms with Crippen molar-refractivity contribution in [3.63, 3.8) is 0 Å². The van der Waals surface area contributed by atoms with Crippen LogP contribution in [-0.4, -0.2) is 11.0 Å². The van der Waals surface area contributed by atoms with E-state index >= 15 is 0 Å². The summed E-state index contributed by atoms with van der Waals surface area (Å²) in [5.41, 5.74) is 1.78. The molecule has 1 amide bonds. The molecule has 4 heteroatoms. The molecule has 2 rings (SSSR count).